The molecule has 20 heavy (non-hydrogen) atoms. The van der Waals surface area contributed by atoms with Gasteiger partial charge in [-0.1, -0.05) is 29.3 Å². The van der Waals surface area contributed by atoms with E-state index in [0.717, 1.165) is 6.07 Å². The van der Waals surface area contributed by atoms with Crippen molar-refractivity contribution in [1.82, 2.24) is 0 Å². The van der Waals surface area contributed by atoms with Gasteiger partial charge in [-0.2, -0.15) is 0 Å². The number of ether oxygens (including phenoxy) is 1. The minimum absolute atomic E-state index is 0.000481. The molecular weight excluding hydrogens is 308 g/mol. The Labute approximate surface area is 123 Å². The highest BCUT2D eigenvalue weighted by molar-refractivity contribution is 6.32. The highest BCUT2D eigenvalue weighted by Gasteiger charge is 2.13. The van der Waals surface area contributed by atoms with Gasteiger partial charge in [0, 0.05) is 12.1 Å². The van der Waals surface area contributed by atoms with E-state index in [1.165, 1.54) is 24.3 Å². The van der Waals surface area contributed by atoms with Crippen molar-refractivity contribution in [3.8, 4) is 5.75 Å². The number of nitrogens with zero attached hydrogens (tertiary/aromatic N) is 1. The molecule has 0 saturated heterocycles. The minimum Gasteiger partial charge on any atom is -0.489 e. The van der Waals surface area contributed by atoms with Crippen molar-refractivity contribution in [2.75, 3.05) is 0 Å². The predicted octanol–water partition coefficient (Wildman–Crippen LogP) is 4.62. The molecule has 0 N–H and O–H groups in total. The van der Waals surface area contributed by atoms with Crippen molar-refractivity contribution in [2.45, 2.75) is 6.61 Å². The minimum atomic E-state index is -0.591. The Bertz CT molecular complexity index is 664. The predicted molar refractivity (Wildman–Crippen MR) is 73.8 cm³/mol. The lowest BCUT2D eigenvalue weighted by Gasteiger charge is -2.07. The Hall–Kier alpha value is -1.85. The van der Waals surface area contributed by atoms with E-state index in [0.29, 0.717) is 5.56 Å². The average Bonchev–Trinajstić information content (AvgIpc) is 2.41. The molecule has 0 saturated carbocycles. The number of hydrogen-bond acceptors (Lipinski definition) is 3. The zero-order chi connectivity index (χ0) is 14.7. The van der Waals surface area contributed by atoms with Gasteiger partial charge in [0.2, 0.25) is 0 Å². The summed E-state index contributed by atoms with van der Waals surface area (Å²) in [5.74, 6) is -0.309. The normalized spacial score (nSPS) is 10.3. The lowest BCUT2D eigenvalue weighted by Crippen LogP contribution is -1.98. The van der Waals surface area contributed by atoms with Crippen LogP contribution in [0.15, 0.2) is 36.4 Å². The van der Waals surface area contributed by atoms with Gasteiger partial charge in [-0.25, -0.2) is 4.39 Å². The topological polar surface area (TPSA) is 52.4 Å². The van der Waals surface area contributed by atoms with Crippen LogP contribution in [0.4, 0.5) is 10.1 Å². The Morgan fingerprint density at radius 1 is 1.15 bits per heavy atom. The highest BCUT2D eigenvalue weighted by atomic mass is 35.5. The van der Waals surface area contributed by atoms with Crippen LogP contribution in [0.5, 0.6) is 5.75 Å². The van der Waals surface area contributed by atoms with Crippen LogP contribution in [0.1, 0.15) is 5.56 Å². The van der Waals surface area contributed by atoms with Crippen LogP contribution in [0.2, 0.25) is 10.0 Å². The Morgan fingerprint density at radius 2 is 1.85 bits per heavy atom. The zero-order valence-electron chi connectivity index (χ0n) is 9.98. The van der Waals surface area contributed by atoms with E-state index in [9.17, 15) is 14.5 Å². The number of hydrogen-bond donors (Lipinski definition) is 0. The van der Waals surface area contributed by atoms with Gasteiger partial charge in [-0.05, 0) is 23.8 Å². The molecule has 4 nitrogen and oxygen atoms in total. The zero-order valence-corrected chi connectivity index (χ0v) is 11.5. The SMILES string of the molecule is O=[N+]([O-])c1cc(COc2ccc(Cl)c(F)c2)ccc1Cl. The van der Waals surface area contributed by atoms with E-state index in [-0.39, 0.29) is 28.1 Å². The first-order chi connectivity index (χ1) is 9.47. The second-order valence-corrected chi connectivity index (χ2v) is 4.72. The maximum absolute atomic E-state index is 13.2. The third kappa shape index (κ3) is 3.37. The van der Waals surface area contributed by atoms with Gasteiger partial charge in [-0.15, -0.1) is 0 Å². The summed E-state index contributed by atoms with van der Waals surface area (Å²) in [4.78, 5) is 10.2. The number of nitro benzene ring substituents is 1. The Kier molecular flexibility index (Phi) is 4.42. The van der Waals surface area contributed by atoms with Crippen LogP contribution in [0.3, 0.4) is 0 Å². The molecule has 7 heteroatoms. The van der Waals surface area contributed by atoms with E-state index in [2.05, 4.69) is 0 Å². The molecule has 0 atom stereocenters. The number of halogens is 3. The van der Waals surface area contributed by atoms with Gasteiger partial charge in [0.15, 0.2) is 0 Å². The van der Waals surface area contributed by atoms with E-state index < -0.39 is 10.7 Å². The fourth-order valence-electron chi connectivity index (χ4n) is 1.52. The fourth-order valence-corrected chi connectivity index (χ4v) is 1.83. The molecule has 0 amide bonds. The van der Waals surface area contributed by atoms with Gasteiger partial charge in [0.1, 0.15) is 23.2 Å². The third-order valence-electron chi connectivity index (χ3n) is 2.50. The molecule has 0 unspecified atom stereocenters. The van der Waals surface area contributed by atoms with Gasteiger partial charge in [0.25, 0.3) is 5.69 Å². The summed E-state index contributed by atoms with van der Waals surface area (Å²) in [6.07, 6.45) is 0. The summed E-state index contributed by atoms with van der Waals surface area (Å²) in [6.45, 7) is 0.0546. The van der Waals surface area contributed by atoms with Crippen molar-refractivity contribution in [3.63, 3.8) is 0 Å². The standard InChI is InChI=1S/C13H8Cl2FNO3/c14-10-4-2-9(6-12(10)16)20-7-8-1-3-11(15)13(5-8)17(18)19/h1-6H,7H2. The molecule has 0 aliphatic rings. The summed E-state index contributed by atoms with van der Waals surface area (Å²) in [5.41, 5.74) is 0.353. The maximum atomic E-state index is 13.2. The Morgan fingerprint density at radius 3 is 2.50 bits per heavy atom. The van der Waals surface area contributed by atoms with Gasteiger partial charge in [0.05, 0.1) is 9.95 Å². The summed E-state index contributed by atoms with van der Waals surface area (Å²) in [5, 5.41) is 10.8. The van der Waals surface area contributed by atoms with E-state index in [1.807, 2.05) is 0 Å². The molecule has 0 aromatic heterocycles. The fraction of sp³-hybridized carbons (Fsp3) is 0.0769. The summed E-state index contributed by atoms with van der Waals surface area (Å²) < 4.78 is 18.5. The van der Waals surface area contributed by atoms with Crippen molar-refractivity contribution in [3.05, 3.63) is 67.9 Å². The molecule has 0 aliphatic heterocycles. The first-order valence-corrected chi connectivity index (χ1v) is 6.23. The number of benzene rings is 2. The first-order valence-electron chi connectivity index (χ1n) is 5.48. The molecule has 0 bridgehead atoms. The summed E-state index contributed by atoms with van der Waals surface area (Å²) >= 11 is 11.3. The second-order valence-electron chi connectivity index (χ2n) is 3.91. The summed E-state index contributed by atoms with van der Waals surface area (Å²) in [7, 11) is 0. The van der Waals surface area contributed by atoms with Gasteiger partial charge < -0.3 is 4.74 Å². The third-order valence-corrected chi connectivity index (χ3v) is 3.13. The Balaban J connectivity index is 2.12. The molecule has 0 heterocycles. The van der Waals surface area contributed by atoms with Crippen LogP contribution in [-0.4, -0.2) is 4.92 Å². The van der Waals surface area contributed by atoms with Gasteiger partial charge >= 0.3 is 0 Å². The maximum Gasteiger partial charge on any atom is 0.288 e. The largest absolute Gasteiger partial charge is 0.489 e. The number of rotatable bonds is 4. The van der Waals surface area contributed by atoms with Crippen molar-refractivity contribution >= 4 is 28.9 Å². The van der Waals surface area contributed by atoms with Crippen molar-refractivity contribution < 1.29 is 14.1 Å². The van der Waals surface area contributed by atoms with E-state index in [4.69, 9.17) is 27.9 Å². The first kappa shape index (κ1) is 14.6. The van der Waals surface area contributed by atoms with Crippen LogP contribution in [-0.2, 0) is 6.61 Å². The van der Waals surface area contributed by atoms with Crippen molar-refractivity contribution in [2.24, 2.45) is 0 Å². The van der Waals surface area contributed by atoms with Crippen molar-refractivity contribution in [1.29, 1.82) is 0 Å². The van der Waals surface area contributed by atoms with Crippen LogP contribution in [0.25, 0.3) is 0 Å². The highest BCUT2D eigenvalue weighted by Crippen LogP contribution is 2.26. The molecule has 0 aliphatic carbocycles. The van der Waals surface area contributed by atoms with Crippen LogP contribution < -0.4 is 4.74 Å². The molecule has 0 fully saturated rings. The molecule has 0 radical (unpaired) electrons. The molecule has 2 aromatic carbocycles. The van der Waals surface area contributed by atoms with E-state index >= 15 is 0 Å². The number of nitro groups is 1. The molecule has 104 valence electrons. The molecule has 2 aromatic rings. The van der Waals surface area contributed by atoms with Crippen LogP contribution in [0, 0.1) is 15.9 Å². The monoisotopic (exact) mass is 315 g/mol. The molecular formula is C13H8Cl2FNO3. The summed E-state index contributed by atoms with van der Waals surface area (Å²) in [6, 6.07) is 8.36. The lowest BCUT2D eigenvalue weighted by atomic mass is 10.2. The quantitative estimate of drug-likeness (QED) is 0.611. The molecule has 2 rings (SSSR count). The van der Waals surface area contributed by atoms with E-state index in [1.54, 1.807) is 6.07 Å². The average molecular weight is 316 g/mol. The second kappa shape index (κ2) is 6.07. The lowest BCUT2D eigenvalue weighted by molar-refractivity contribution is -0.384. The molecule has 0 spiro atoms. The smallest absolute Gasteiger partial charge is 0.288 e. The van der Waals surface area contributed by atoms with Gasteiger partial charge in [-0.3, -0.25) is 10.1 Å². The van der Waals surface area contributed by atoms with Crippen LogP contribution >= 0.6 is 23.2 Å².